The minimum Gasteiger partial charge on any atom is -0.480 e. The first-order chi connectivity index (χ1) is 7.11. The molecule has 0 spiro atoms. The Morgan fingerprint density at radius 2 is 2.40 bits per heavy atom. The van der Waals surface area contributed by atoms with Crippen molar-refractivity contribution in [3.63, 3.8) is 0 Å². The van der Waals surface area contributed by atoms with Gasteiger partial charge >= 0.3 is 5.97 Å². The summed E-state index contributed by atoms with van der Waals surface area (Å²) in [5, 5.41) is 8.78. The smallest absolute Gasteiger partial charge is 0.320 e. The molecule has 0 aliphatic rings. The predicted octanol–water partition coefficient (Wildman–Crippen LogP) is 0.678. The van der Waals surface area contributed by atoms with Crippen molar-refractivity contribution in [3.05, 3.63) is 18.7 Å². The van der Waals surface area contributed by atoms with Crippen molar-refractivity contribution in [2.45, 2.75) is 25.9 Å². The zero-order valence-corrected chi connectivity index (χ0v) is 9.13. The van der Waals surface area contributed by atoms with Crippen LogP contribution in [0.2, 0.25) is 0 Å². The largest absolute Gasteiger partial charge is 0.480 e. The summed E-state index contributed by atoms with van der Waals surface area (Å²) in [5.74, 6) is -0.778. The Morgan fingerprint density at radius 3 is 2.93 bits per heavy atom. The Balaban J connectivity index is 2.22. The lowest BCUT2D eigenvalue weighted by Gasteiger charge is -2.20. The highest BCUT2D eigenvalue weighted by Gasteiger charge is 2.15. The Kier molecular flexibility index (Phi) is 4.30. The molecule has 5 heteroatoms. The second-order valence-corrected chi connectivity index (χ2v) is 3.65. The van der Waals surface area contributed by atoms with E-state index in [9.17, 15) is 4.79 Å². The molecule has 1 aromatic rings. The van der Waals surface area contributed by atoms with E-state index in [1.165, 1.54) is 0 Å². The maximum atomic E-state index is 10.7. The van der Waals surface area contributed by atoms with Gasteiger partial charge in [0.15, 0.2) is 0 Å². The van der Waals surface area contributed by atoms with Crippen molar-refractivity contribution in [3.8, 4) is 0 Å². The van der Waals surface area contributed by atoms with Gasteiger partial charge in [-0.25, -0.2) is 4.98 Å². The van der Waals surface area contributed by atoms with Crippen LogP contribution in [0.3, 0.4) is 0 Å². The van der Waals surface area contributed by atoms with E-state index in [4.69, 9.17) is 5.11 Å². The van der Waals surface area contributed by atoms with E-state index in [0.717, 1.165) is 19.5 Å². The lowest BCUT2D eigenvalue weighted by atomic mass is 10.3. The van der Waals surface area contributed by atoms with E-state index in [1.54, 1.807) is 19.4 Å². The van der Waals surface area contributed by atoms with Crippen molar-refractivity contribution in [2.75, 3.05) is 13.6 Å². The SMILES string of the molecule is CC(C(=O)O)N(C)CCCn1ccnc1. The molecule has 1 atom stereocenters. The lowest BCUT2D eigenvalue weighted by molar-refractivity contribution is -0.142. The van der Waals surface area contributed by atoms with Crippen molar-refractivity contribution >= 4 is 5.97 Å². The summed E-state index contributed by atoms with van der Waals surface area (Å²) in [7, 11) is 1.83. The van der Waals surface area contributed by atoms with E-state index < -0.39 is 12.0 Å². The average molecular weight is 211 g/mol. The number of carboxylic acids is 1. The minimum atomic E-state index is -0.778. The zero-order chi connectivity index (χ0) is 11.3. The molecule has 0 radical (unpaired) electrons. The fourth-order valence-corrected chi connectivity index (χ4v) is 1.30. The van der Waals surface area contributed by atoms with Gasteiger partial charge in [-0.15, -0.1) is 0 Å². The standard InChI is InChI=1S/C10H17N3O2/c1-9(10(14)15)12(2)5-3-6-13-7-4-11-8-13/h4,7-9H,3,5-6H2,1-2H3,(H,14,15). The highest BCUT2D eigenvalue weighted by molar-refractivity contribution is 5.72. The number of nitrogens with zero attached hydrogens (tertiary/aromatic N) is 3. The molecule has 0 aliphatic carbocycles. The molecule has 0 fully saturated rings. The van der Waals surface area contributed by atoms with Gasteiger partial charge in [-0.1, -0.05) is 0 Å². The monoisotopic (exact) mass is 211 g/mol. The summed E-state index contributed by atoms with van der Waals surface area (Å²) in [6.07, 6.45) is 6.33. The predicted molar refractivity (Wildman–Crippen MR) is 56.6 cm³/mol. The Labute approximate surface area is 89.3 Å². The number of rotatable bonds is 6. The molecule has 1 N–H and O–H groups in total. The fourth-order valence-electron chi connectivity index (χ4n) is 1.30. The van der Waals surface area contributed by atoms with Gasteiger partial charge in [0.1, 0.15) is 6.04 Å². The molecular formula is C10H17N3O2. The highest BCUT2D eigenvalue weighted by atomic mass is 16.4. The average Bonchev–Trinajstić information content (AvgIpc) is 2.69. The van der Waals surface area contributed by atoms with Gasteiger partial charge in [0.2, 0.25) is 0 Å². The maximum absolute atomic E-state index is 10.7. The van der Waals surface area contributed by atoms with Crippen LogP contribution < -0.4 is 0 Å². The summed E-state index contributed by atoms with van der Waals surface area (Å²) in [4.78, 5) is 16.4. The number of aromatic nitrogens is 2. The van der Waals surface area contributed by atoms with Crippen LogP contribution in [0.4, 0.5) is 0 Å². The molecule has 0 aliphatic heterocycles. The number of carboxylic acid groups (broad SMARTS) is 1. The first-order valence-corrected chi connectivity index (χ1v) is 5.00. The van der Waals surface area contributed by atoms with E-state index in [0.29, 0.717) is 0 Å². The van der Waals surface area contributed by atoms with E-state index in [1.807, 2.05) is 22.7 Å². The van der Waals surface area contributed by atoms with Crippen LogP contribution in [-0.4, -0.2) is 45.2 Å². The first-order valence-electron chi connectivity index (χ1n) is 5.00. The Bertz CT molecular complexity index is 298. The van der Waals surface area contributed by atoms with Crippen LogP contribution in [0, 0.1) is 0 Å². The molecule has 5 nitrogen and oxygen atoms in total. The molecule has 0 amide bonds. The second kappa shape index (κ2) is 5.50. The summed E-state index contributed by atoms with van der Waals surface area (Å²) >= 11 is 0. The van der Waals surface area contributed by atoms with Gasteiger partial charge in [0.25, 0.3) is 0 Å². The fraction of sp³-hybridized carbons (Fsp3) is 0.600. The third-order valence-corrected chi connectivity index (χ3v) is 2.50. The normalized spacial score (nSPS) is 13.0. The molecule has 0 bridgehead atoms. The minimum absolute atomic E-state index is 0.423. The molecule has 1 rings (SSSR count). The quantitative estimate of drug-likeness (QED) is 0.751. The molecule has 0 aromatic carbocycles. The molecule has 1 unspecified atom stereocenters. The van der Waals surface area contributed by atoms with Crippen molar-refractivity contribution in [2.24, 2.45) is 0 Å². The van der Waals surface area contributed by atoms with Gasteiger partial charge in [0, 0.05) is 25.5 Å². The van der Waals surface area contributed by atoms with E-state index in [-0.39, 0.29) is 0 Å². The maximum Gasteiger partial charge on any atom is 0.320 e. The van der Waals surface area contributed by atoms with Gasteiger partial charge in [0.05, 0.1) is 6.33 Å². The highest BCUT2D eigenvalue weighted by Crippen LogP contribution is 1.98. The second-order valence-electron chi connectivity index (χ2n) is 3.65. The number of hydrogen-bond donors (Lipinski definition) is 1. The third-order valence-electron chi connectivity index (χ3n) is 2.50. The molecule has 0 saturated carbocycles. The van der Waals surface area contributed by atoms with E-state index >= 15 is 0 Å². The van der Waals surface area contributed by atoms with Crippen LogP contribution in [0.15, 0.2) is 18.7 Å². The van der Waals surface area contributed by atoms with Crippen LogP contribution in [0.1, 0.15) is 13.3 Å². The number of imidazole rings is 1. The van der Waals surface area contributed by atoms with Crippen molar-refractivity contribution in [1.82, 2.24) is 14.5 Å². The summed E-state index contributed by atoms with van der Waals surface area (Å²) in [6.45, 7) is 3.34. The molecule has 0 saturated heterocycles. The summed E-state index contributed by atoms with van der Waals surface area (Å²) < 4.78 is 1.99. The topological polar surface area (TPSA) is 58.4 Å². The van der Waals surface area contributed by atoms with Gasteiger partial charge < -0.3 is 9.67 Å². The first kappa shape index (κ1) is 11.7. The third kappa shape index (κ3) is 3.71. The number of likely N-dealkylation sites (N-methyl/N-ethyl adjacent to an activating group) is 1. The van der Waals surface area contributed by atoms with Crippen molar-refractivity contribution in [1.29, 1.82) is 0 Å². The molecule has 15 heavy (non-hydrogen) atoms. The van der Waals surface area contributed by atoms with Crippen LogP contribution in [0.25, 0.3) is 0 Å². The lowest BCUT2D eigenvalue weighted by Crippen LogP contribution is -2.36. The molecule has 84 valence electrons. The Hall–Kier alpha value is -1.36. The number of aryl methyl sites for hydroxylation is 1. The Morgan fingerprint density at radius 1 is 1.67 bits per heavy atom. The zero-order valence-electron chi connectivity index (χ0n) is 9.13. The number of hydrogen-bond acceptors (Lipinski definition) is 3. The van der Waals surface area contributed by atoms with Gasteiger partial charge in [-0.2, -0.15) is 0 Å². The molecule has 1 aromatic heterocycles. The van der Waals surface area contributed by atoms with Gasteiger partial charge in [-0.3, -0.25) is 9.69 Å². The molecule has 1 heterocycles. The van der Waals surface area contributed by atoms with Crippen LogP contribution in [-0.2, 0) is 11.3 Å². The molecular weight excluding hydrogens is 194 g/mol. The number of carbonyl (C=O) groups is 1. The van der Waals surface area contributed by atoms with Crippen molar-refractivity contribution < 1.29 is 9.90 Å². The van der Waals surface area contributed by atoms with Gasteiger partial charge in [-0.05, 0) is 20.4 Å². The van der Waals surface area contributed by atoms with Crippen LogP contribution >= 0.6 is 0 Å². The number of aliphatic carboxylic acids is 1. The summed E-state index contributed by atoms with van der Waals surface area (Å²) in [5.41, 5.74) is 0. The van der Waals surface area contributed by atoms with E-state index in [2.05, 4.69) is 4.98 Å². The van der Waals surface area contributed by atoms with Crippen LogP contribution in [0.5, 0.6) is 0 Å². The summed E-state index contributed by atoms with van der Waals surface area (Å²) in [6, 6.07) is -0.423.